The minimum atomic E-state index is 0.520. The SMILES string of the molecule is CC1CC(C)CN(c2nc3ccccc3cc2CCl)C1. The summed E-state index contributed by atoms with van der Waals surface area (Å²) in [5.41, 5.74) is 2.20. The molecule has 0 aliphatic carbocycles. The number of halogens is 1. The van der Waals surface area contributed by atoms with E-state index in [0.29, 0.717) is 5.88 Å². The lowest BCUT2D eigenvalue weighted by molar-refractivity contribution is 0.355. The molecule has 0 N–H and O–H groups in total. The fourth-order valence-electron chi connectivity index (χ4n) is 3.36. The summed E-state index contributed by atoms with van der Waals surface area (Å²) in [7, 11) is 0. The first-order valence-electron chi connectivity index (χ1n) is 7.37. The van der Waals surface area contributed by atoms with E-state index in [2.05, 4.69) is 36.9 Å². The zero-order chi connectivity index (χ0) is 14.1. The Kier molecular flexibility index (Phi) is 3.84. The molecule has 1 aromatic heterocycles. The Morgan fingerprint density at radius 3 is 2.60 bits per heavy atom. The Bertz CT molecular complexity index is 601. The molecule has 3 rings (SSSR count). The Balaban J connectivity index is 2.04. The lowest BCUT2D eigenvalue weighted by atomic mass is 9.91. The number of para-hydroxylation sites is 1. The molecule has 1 aromatic carbocycles. The molecule has 1 saturated heterocycles. The first-order valence-corrected chi connectivity index (χ1v) is 7.90. The summed E-state index contributed by atoms with van der Waals surface area (Å²) < 4.78 is 0. The summed E-state index contributed by atoms with van der Waals surface area (Å²) in [5.74, 6) is 3.04. The third kappa shape index (κ3) is 2.62. The normalized spacial score (nSPS) is 23.2. The fourth-order valence-corrected chi connectivity index (χ4v) is 3.55. The number of rotatable bonds is 2. The number of alkyl halides is 1. The summed E-state index contributed by atoms with van der Waals surface area (Å²) in [6, 6.07) is 10.5. The summed E-state index contributed by atoms with van der Waals surface area (Å²) >= 11 is 6.16. The molecule has 20 heavy (non-hydrogen) atoms. The number of piperidine rings is 1. The summed E-state index contributed by atoms with van der Waals surface area (Å²) in [6.45, 7) is 6.81. The molecule has 0 spiro atoms. The topological polar surface area (TPSA) is 16.1 Å². The second-order valence-corrected chi connectivity index (χ2v) is 6.42. The maximum absolute atomic E-state index is 6.16. The van der Waals surface area contributed by atoms with Crippen molar-refractivity contribution >= 4 is 28.3 Å². The largest absolute Gasteiger partial charge is 0.356 e. The van der Waals surface area contributed by atoms with Crippen molar-refractivity contribution in [2.24, 2.45) is 11.8 Å². The van der Waals surface area contributed by atoms with Crippen LogP contribution in [0.5, 0.6) is 0 Å². The van der Waals surface area contributed by atoms with Crippen LogP contribution in [0.25, 0.3) is 10.9 Å². The molecule has 0 amide bonds. The Labute approximate surface area is 125 Å². The Hall–Kier alpha value is -1.28. The van der Waals surface area contributed by atoms with E-state index >= 15 is 0 Å². The standard InChI is InChI=1S/C17H21ClN2/c1-12-7-13(2)11-20(10-12)17-15(9-18)8-14-5-3-4-6-16(14)19-17/h3-6,8,12-13H,7,9-11H2,1-2H3. The molecule has 106 valence electrons. The van der Waals surface area contributed by atoms with Gasteiger partial charge in [0.05, 0.1) is 11.4 Å². The highest BCUT2D eigenvalue weighted by molar-refractivity contribution is 6.17. The quantitative estimate of drug-likeness (QED) is 0.759. The number of nitrogens with zero attached hydrogens (tertiary/aromatic N) is 2. The van der Waals surface area contributed by atoms with Crippen molar-refractivity contribution in [1.82, 2.24) is 4.98 Å². The number of benzene rings is 1. The van der Waals surface area contributed by atoms with Crippen LogP contribution in [0.1, 0.15) is 25.8 Å². The molecule has 1 aliphatic heterocycles. The summed E-state index contributed by atoms with van der Waals surface area (Å²) in [4.78, 5) is 7.30. The number of anilines is 1. The molecule has 0 radical (unpaired) electrons. The van der Waals surface area contributed by atoms with Crippen molar-refractivity contribution in [2.75, 3.05) is 18.0 Å². The molecule has 0 bridgehead atoms. The molecular formula is C17H21ClN2. The van der Waals surface area contributed by atoms with Crippen molar-refractivity contribution in [3.63, 3.8) is 0 Å². The smallest absolute Gasteiger partial charge is 0.133 e. The van der Waals surface area contributed by atoms with Gasteiger partial charge in [-0.25, -0.2) is 4.98 Å². The number of fused-ring (bicyclic) bond motifs is 1. The van der Waals surface area contributed by atoms with Crippen LogP contribution in [0.3, 0.4) is 0 Å². The zero-order valence-electron chi connectivity index (χ0n) is 12.1. The van der Waals surface area contributed by atoms with Gasteiger partial charge in [-0.1, -0.05) is 32.0 Å². The highest BCUT2D eigenvalue weighted by atomic mass is 35.5. The van der Waals surface area contributed by atoms with Crippen molar-refractivity contribution in [3.8, 4) is 0 Å². The highest BCUT2D eigenvalue weighted by Crippen LogP contribution is 2.30. The van der Waals surface area contributed by atoms with Gasteiger partial charge in [-0.3, -0.25) is 0 Å². The maximum Gasteiger partial charge on any atom is 0.133 e. The number of hydrogen-bond donors (Lipinski definition) is 0. The molecule has 2 unspecified atom stereocenters. The molecular weight excluding hydrogens is 268 g/mol. The van der Waals surface area contributed by atoms with E-state index in [1.807, 2.05) is 12.1 Å². The van der Waals surface area contributed by atoms with E-state index in [1.54, 1.807) is 0 Å². The van der Waals surface area contributed by atoms with Crippen LogP contribution in [-0.4, -0.2) is 18.1 Å². The van der Waals surface area contributed by atoms with E-state index < -0.39 is 0 Å². The second kappa shape index (κ2) is 5.61. The Morgan fingerprint density at radius 2 is 1.90 bits per heavy atom. The van der Waals surface area contributed by atoms with Crippen LogP contribution in [-0.2, 0) is 5.88 Å². The van der Waals surface area contributed by atoms with Crippen molar-refractivity contribution in [2.45, 2.75) is 26.1 Å². The van der Waals surface area contributed by atoms with Gasteiger partial charge in [0.15, 0.2) is 0 Å². The van der Waals surface area contributed by atoms with Crippen LogP contribution in [0.2, 0.25) is 0 Å². The van der Waals surface area contributed by atoms with Crippen molar-refractivity contribution in [1.29, 1.82) is 0 Å². The van der Waals surface area contributed by atoms with Crippen LogP contribution in [0, 0.1) is 11.8 Å². The lowest BCUT2D eigenvalue weighted by Crippen LogP contribution is -2.39. The molecule has 2 heterocycles. The van der Waals surface area contributed by atoms with Crippen molar-refractivity contribution < 1.29 is 0 Å². The van der Waals surface area contributed by atoms with Gasteiger partial charge < -0.3 is 4.90 Å². The van der Waals surface area contributed by atoms with Crippen LogP contribution in [0.15, 0.2) is 30.3 Å². The zero-order valence-corrected chi connectivity index (χ0v) is 12.9. The van der Waals surface area contributed by atoms with Crippen molar-refractivity contribution in [3.05, 3.63) is 35.9 Å². The number of hydrogen-bond acceptors (Lipinski definition) is 2. The van der Waals surface area contributed by atoms with E-state index in [1.165, 1.54) is 11.8 Å². The third-order valence-corrected chi connectivity index (χ3v) is 4.38. The predicted octanol–water partition coefficient (Wildman–Crippen LogP) is 4.46. The van der Waals surface area contributed by atoms with Gasteiger partial charge in [0.25, 0.3) is 0 Å². The first kappa shape index (κ1) is 13.7. The molecule has 0 saturated carbocycles. The molecule has 2 aromatic rings. The average molecular weight is 289 g/mol. The monoisotopic (exact) mass is 288 g/mol. The van der Waals surface area contributed by atoms with Gasteiger partial charge in [0.1, 0.15) is 5.82 Å². The average Bonchev–Trinajstić information content (AvgIpc) is 2.44. The fraction of sp³-hybridized carbons (Fsp3) is 0.471. The lowest BCUT2D eigenvalue weighted by Gasteiger charge is -2.36. The van der Waals surface area contributed by atoms with Gasteiger partial charge in [0.2, 0.25) is 0 Å². The van der Waals surface area contributed by atoms with Crippen LogP contribution < -0.4 is 4.90 Å². The molecule has 2 atom stereocenters. The molecule has 2 nitrogen and oxygen atoms in total. The third-order valence-electron chi connectivity index (χ3n) is 4.09. The number of pyridine rings is 1. The summed E-state index contributed by atoms with van der Waals surface area (Å²) in [6.07, 6.45) is 1.31. The van der Waals surface area contributed by atoms with E-state index in [4.69, 9.17) is 16.6 Å². The van der Waals surface area contributed by atoms with Gasteiger partial charge in [-0.2, -0.15) is 0 Å². The van der Waals surface area contributed by atoms with Gasteiger partial charge >= 0.3 is 0 Å². The van der Waals surface area contributed by atoms with Crippen LogP contribution in [0.4, 0.5) is 5.82 Å². The molecule has 3 heteroatoms. The minimum absolute atomic E-state index is 0.520. The van der Waals surface area contributed by atoms with Gasteiger partial charge in [-0.15, -0.1) is 11.6 Å². The van der Waals surface area contributed by atoms with E-state index in [-0.39, 0.29) is 0 Å². The number of aromatic nitrogens is 1. The minimum Gasteiger partial charge on any atom is -0.356 e. The molecule has 1 aliphatic rings. The van der Waals surface area contributed by atoms with Gasteiger partial charge in [0, 0.05) is 24.0 Å². The highest BCUT2D eigenvalue weighted by Gasteiger charge is 2.24. The van der Waals surface area contributed by atoms with E-state index in [9.17, 15) is 0 Å². The second-order valence-electron chi connectivity index (χ2n) is 6.15. The maximum atomic E-state index is 6.16. The summed E-state index contributed by atoms with van der Waals surface area (Å²) in [5, 5.41) is 1.17. The van der Waals surface area contributed by atoms with Crippen LogP contribution >= 0.6 is 11.6 Å². The Morgan fingerprint density at radius 1 is 1.20 bits per heavy atom. The first-order chi connectivity index (χ1) is 9.67. The van der Waals surface area contributed by atoms with Gasteiger partial charge in [-0.05, 0) is 30.4 Å². The molecule has 1 fully saturated rings. The predicted molar refractivity (Wildman–Crippen MR) is 86.5 cm³/mol. The van der Waals surface area contributed by atoms with E-state index in [0.717, 1.165) is 41.8 Å².